The minimum absolute atomic E-state index is 0.0497. The van der Waals surface area contributed by atoms with E-state index in [2.05, 4.69) is 17.9 Å². The molecule has 0 amide bonds. The van der Waals surface area contributed by atoms with Crippen molar-refractivity contribution >= 4 is 5.97 Å². The van der Waals surface area contributed by atoms with Crippen LogP contribution in [0.5, 0.6) is 0 Å². The molecule has 4 rings (SSSR count). The molecule has 1 aliphatic heterocycles. The molecule has 0 radical (unpaired) electrons. The van der Waals surface area contributed by atoms with Crippen molar-refractivity contribution in [3.05, 3.63) is 11.6 Å². The number of hydrogen-bond acceptors (Lipinski definition) is 2. The van der Waals surface area contributed by atoms with E-state index in [1.165, 1.54) is 31.3 Å². The highest BCUT2D eigenvalue weighted by molar-refractivity contribution is 5.76. The Morgan fingerprint density at radius 1 is 1.28 bits per heavy atom. The minimum atomic E-state index is 0.0497. The van der Waals surface area contributed by atoms with E-state index in [0.29, 0.717) is 17.8 Å². The van der Waals surface area contributed by atoms with Gasteiger partial charge in [-0.3, -0.25) is 4.79 Å². The number of allylic oxidation sites excluding steroid dienone is 2. The van der Waals surface area contributed by atoms with Crippen LogP contribution in [0.25, 0.3) is 0 Å². The average Bonchev–Trinajstić information content (AvgIpc) is 3.00. The van der Waals surface area contributed by atoms with E-state index in [-0.39, 0.29) is 18.0 Å². The maximum atomic E-state index is 11.7. The van der Waals surface area contributed by atoms with Gasteiger partial charge in [-0.05, 0) is 50.0 Å². The molecule has 0 aromatic heterocycles. The van der Waals surface area contributed by atoms with Crippen LogP contribution in [0.4, 0.5) is 0 Å². The Morgan fingerprint density at radius 3 is 3.06 bits per heavy atom. The van der Waals surface area contributed by atoms with Crippen molar-refractivity contribution in [3.8, 4) is 11.8 Å². The van der Waals surface area contributed by atoms with Crippen molar-refractivity contribution in [1.29, 1.82) is 0 Å². The second-order valence-electron chi connectivity index (χ2n) is 6.17. The smallest absolute Gasteiger partial charge is 0.309 e. The van der Waals surface area contributed by atoms with E-state index in [0.717, 1.165) is 12.8 Å². The molecule has 2 bridgehead atoms. The van der Waals surface area contributed by atoms with E-state index in [1.807, 2.05) is 0 Å². The van der Waals surface area contributed by atoms with Crippen LogP contribution in [0.1, 0.15) is 38.5 Å². The normalized spacial score (nSPS) is 44.3. The largest absolute Gasteiger partial charge is 0.460 e. The summed E-state index contributed by atoms with van der Waals surface area (Å²) in [5, 5.41) is 0. The molecular formula is C16H18O2. The maximum Gasteiger partial charge on any atom is 0.309 e. The van der Waals surface area contributed by atoms with E-state index < -0.39 is 0 Å². The monoisotopic (exact) mass is 242 g/mol. The third-order valence-electron chi connectivity index (χ3n) is 5.18. The number of ether oxygens (including phenoxy) is 1. The molecule has 3 fully saturated rings. The van der Waals surface area contributed by atoms with E-state index in [1.54, 1.807) is 0 Å². The lowest BCUT2D eigenvalue weighted by Gasteiger charge is -2.20. The Balaban J connectivity index is 1.55. The van der Waals surface area contributed by atoms with Gasteiger partial charge in [0.15, 0.2) is 0 Å². The fourth-order valence-electron chi connectivity index (χ4n) is 4.28. The first kappa shape index (κ1) is 10.7. The predicted molar refractivity (Wildman–Crippen MR) is 67.4 cm³/mol. The molecule has 2 heteroatoms. The van der Waals surface area contributed by atoms with Crippen LogP contribution in [0, 0.1) is 35.5 Å². The Kier molecular flexibility index (Phi) is 2.30. The lowest BCUT2D eigenvalue weighted by atomic mass is 9.82. The van der Waals surface area contributed by atoms with Crippen molar-refractivity contribution in [2.24, 2.45) is 23.7 Å². The van der Waals surface area contributed by atoms with E-state index in [4.69, 9.17) is 4.74 Å². The van der Waals surface area contributed by atoms with Crippen molar-refractivity contribution in [2.45, 2.75) is 44.6 Å². The van der Waals surface area contributed by atoms with Crippen LogP contribution in [0.15, 0.2) is 11.6 Å². The van der Waals surface area contributed by atoms with Crippen molar-refractivity contribution in [1.82, 2.24) is 0 Å². The third kappa shape index (κ3) is 1.46. The van der Waals surface area contributed by atoms with Gasteiger partial charge in [0.2, 0.25) is 0 Å². The van der Waals surface area contributed by atoms with Gasteiger partial charge < -0.3 is 4.74 Å². The van der Waals surface area contributed by atoms with Gasteiger partial charge in [-0.1, -0.05) is 17.9 Å². The third-order valence-corrected chi connectivity index (χ3v) is 5.18. The molecule has 1 saturated heterocycles. The molecule has 0 aromatic rings. The summed E-state index contributed by atoms with van der Waals surface area (Å²) in [4.78, 5) is 11.7. The fourth-order valence-corrected chi connectivity index (χ4v) is 4.28. The molecule has 0 N–H and O–H groups in total. The minimum Gasteiger partial charge on any atom is -0.460 e. The van der Waals surface area contributed by atoms with Gasteiger partial charge in [0.25, 0.3) is 0 Å². The highest BCUT2D eigenvalue weighted by atomic mass is 16.6. The standard InChI is InChI=1S/C16H18O2/c17-16-14-9-11-8-13(14)15(18-16)12(11)7-6-10-4-2-1-3-5-10/h4,11-15H,1-3,5,8-9H2/t11-,12-,13+,14-,15+/m1/s1. The highest BCUT2D eigenvalue weighted by Gasteiger charge is 2.61. The average molecular weight is 242 g/mol. The Labute approximate surface area is 108 Å². The summed E-state index contributed by atoms with van der Waals surface area (Å²) in [7, 11) is 0. The lowest BCUT2D eigenvalue weighted by molar-refractivity contribution is -0.143. The van der Waals surface area contributed by atoms with Gasteiger partial charge in [0, 0.05) is 5.92 Å². The summed E-state index contributed by atoms with van der Waals surface area (Å²) in [6.07, 6.45) is 9.50. The number of fused-ring (bicyclic) bond motifs is 1. The summed E-state index contributed by atoms with van der Waals surface area (Å²) in [6, 6.07) is 0. The molecule has 0 aromatic carbocycles. The molecule has 18 heavy (non-hydrogen) atoms. The summed E-state index contributed by atoms with van der Waals surface area (Å²) < 4.78 is 5.53. The van der Waals surface area contributed by atoms with Gasteiger partial charge in [-0.25, -0.2) is 0 Å². The molecule has 2 saturated carbocycles. The molecule has 1 heterocycles. The zero-order valence-electron chi connectivity index (χ0n) is 10.5. The first-order valence-corrected chi connectivity index (χ1v) is 7.24. The van der Waals surface area contributed by atoms with E-state index in [9.17, 15) is 4.79 Å². The Morgan fingerprint density at radius 2 is 2.22 bits per heavy atom. The second kappa shape index (κ2) is 3.88. The first-order chi connectivity index (χ1) is 8.83. The van der Waals surface area contributed by atoms with Gasteiger partial charge in [0.05, 0.1) is 11.8 Å². The van der Waals surface area contributed by atoms with Crippen molar-refractivity contribution < 1.29 is 9.53 Å². The predicted octanol–water partition coefficient (Wildman–Crippen LogP) is 2.69. The van der Waals surface area contributed by atoms with Crippen LogP contribution in [-0.4, -0.2) is 12.1 Å². The van der Waals surface area contributed by atoms with Crippen LogP contribution in [-0.2, 0) is 9.53 Å². The molecular weight excluding hydrogens is 224 g/mol. The van der Waals surface area contributed by atoms with Crippen LogP contribution >= 0.6 is 0 Å². The zero-order chi connectivity index (χ0) is 12.1. The number of carbonyl (C=O) groups excluding carboxylic acids is 1. The van der Waals surface area contributed by atoms with Crippen LogP contribution in [0.3, 0.4) is 0 Å². The van der Waals surface area contributed by atoms with Gasteiger partial charge in [-0.15, -0.1) is 0 Å². The van der Waals surface area contributed by atoms with Crippen molar-refractivity contribution in [2.75, 3.05) is 0 Å². The second-order valence-corrected chi connectivity index (χ2v) is 6.17. The summed E-state index contributed by atoms with van der Waals surface area (Å²) in [5.74, 6) is 8.49. The quantitative estimate of drug-likeness (QED) is 0.482. The van der Waals surface area contributed by atoms with Crippen LogP contribution in [0.2, 0.25) is 0 Å². The lowest BCUT2D eigenvalue weighted by Crippen LogP contribution is -2.25. The molecule has 2 nitrogen and oxygen atoms in total. The van der Waals surface area contributed by atoms with E-state index >= 15 is 0 Å². The number of esters is 1. The first-order valence-electron chi connectivity index (χ1n) is 7.24. The van der Waals surface area contributed by atoms with Gasteiger partial charge in [0.1, 0.15) is 6.10 Å². The highest BCUT2D eigenvalue weighted by Crippen LogP contribution is 2.57. The Bertz CT molecular complexity index is 479. The SMILES string of the molecule is O=C1O[C@H]2[C@H](C#CC3=CCCCC3)[C@@H]3C[C@H]2[C@H]1C3. The topological polar surface area (TPSA) is 26.3 Å². The summed E-state index contributed by atoms with van der Waals surface area (Å²) in [5.41, 5.74) is 1.31. The number of rotatable bonds is 0. The molecule has 94 valence electrons. The summed E-state index contributed by atoms with van der Waals surface area (Å²) in [6.45, 7) is 0. The molecule has 5 atom stereocenters. The molecule has 0 unspecified atom stereocenters. The van der Waals surface area contributed by atoms with Gasteiger partial charge in [-0.2, -0.15) is 0 Å². The fraction of sp³-hybridized carbons (Fsp3) is 0.688. The van der Waals surface area contributed by atoms with Gasteiger partial charge >= 0.3 is 5.97 Å². The number of hydrogen-bond donors (Lipinski definition) is 0. The van der Waals surface area contributed by atoms with Crippen molar-refractivity contribution in [3.63, 3.8) is 0 Å². The maximum absolute atomic E-state index is 11.7. The van der Waals surface area contributed by atoms with Crippen LogP contribution < -0.4 is 0 Å². The zero-order valence-corrected chi connectivity index (χ0v) is 10.5. The molecule has 4 aliphatic rings. The molecule has 3 aliphatic carbocycles. The number of carbonyl (C=O) groups is 1. The molecule has 0 spiro atoms. The Hall–Kier alpha value is -1.23. The summed E-state index contributed by atoms with van der Waals surface area (Å²) >= 11 is 0.